The molecular formula is C19H29N3O. The summed E-state index contributed by atoms with van der Waals surface area (Å²) < 4.78 is 0. The van der Waals surface area contributed by atoms with Gasteiger partial charge < -0.3 is 15.7 Å². The number of nitrogens with zero attached hydrogens (tertiary/aromatic N) is 1. The van der Waals surface area contributed by atoms with Crippen molar-refractivity contribution in [3.05, 3.63) is 24.3 Å². The molecule has 1 aromatic carbocycles. The predicted octanol–water partition coefficient (Wildman–Crippen LogP) is 4.42. The van der Waals surface area contributed by atoms with E-state index in [9.17, 15) is 5.11 Å². The Labute approximate surface area is 139 Å². The standard InChI is InChI=1S/C19H29N3O/c23-18-14-8-7-13-17(18)22-19(20-15-9-3-1-4-10-15)21-16-11-5-2-6-12-16/h7-8,13-16,23H,1-6,9-12H2,(H2,20,21,22). The van der Waals surface area contributed by atoms with Crippen molar-refractivity contribution in [2.45, 2.75) is 76.3 Å². The molecule has 4 heteroatoms. The average molecular weight is 315 g/mol. The summed E-state index contributed by atoms with van der Waals surface area (Å²) in [7, 11) is 0. The first-order chi connectivity index (χ1) is 11.3. The Hall–Kier alpha value is -1.71. The first kappa shape index (κ1) is 16.2. The second-order valence-corrected chi connectivity index (χ2v) is 6.89. The molecule has 0 heterocycles. The van der Waals surface area contributed by atoms with Gasteiger partial charge in [-0.05, 0) is 37.8 Å². The highest BCUT2D eigenvalue weighted by atomic mass is 16.3. The number of hydrogen-bond donors (Lipinski definition) is 3. The monoisotopic (exact) mass is 315 g/mol. The van der Waals surface area contributed by atoms with Crippen molar-refractivity contribution in [1.29, 1.82) is 0 Å². The lowest BCUT2D eigenvalue weighted by molar-refractivity contribution is 0.408. The second-order valence-electron chi connectivity index (χ2n) is 6.89. The van der Waals surface area contributed by atoms with E-state index in [0.717, 1.165) is 11.6 Å². The lowest BCUT2D eigenvalue weighted by atomic mass is 9.95. The lowest BCUT2D eigenvalue weighted by Crippen LogP contribution is -2.41. The summed E-state index contributed by atoms with van der Waals surface area (Å²) in [4.78, 5) is 4.95. The van der Waals surface area contributed by atoms with E-state index in [0.29, 0.717) is 12.1 Å². The van der Waals surface area contributed by atoms with Gasteiger partial charge in [0.15, 0.2) is 5.96 Å². The van der Waals surface area contributed by atoms with Gasteiger partial charge in [0, 0.05) is 6.04 Å². The van der Waals surface area contributed by atoms with Crippen LogP contribution in [0.1, 0.15) is 64.2 Å². The second kappa shape index (κ2) is 8.23. The van der Waals surface area contributed by atoms with Crippen LogP contribution in [0.5, 0.6) is 5.75 Å². The SMILES string of the molecule is Oc1ccccc1NC(=NC1CCCCC1)NC1CCCCC1. The number of rotatable bonds is 3. The number of para-hydroxylation sites is 2. The fourth-order valence-electron chi connectivity index (χ4n) is 3.65. The van der Waals surface area contributed by atoms with Gasteiger partial charge in [-0.3, -0.25) is 0 Å². The van der Waals surface area contributed by atoms with Crippen molar-refractivity contribution >= 4 is 11.6 Å². The van der Waals surface area contributed by atoms with Gasteiger partial charge >= 0.3 is 0 Å². The maximum Gasteiger partial charge on any atom is 0.196 e. The van der Waals surface area contributed by atoms with Crippen molar-refractivity contribution in [1.82, 2.24) is 5.32 Å². The molecule has 0 saturated heterocycles. The molecule has 126 valence electrons. The fourth-order valence-corrected chi connectivity index (χ4v) is 3.65. The summed E-state index contributed by atoms with van der Waals surface area (Å²) in [5.74, 6) is 1.11. The minimum atomic E-state index is 0.272. The Bertz CT molecular complexity index is 517. The largest absolute Gasteiger partial charge is 0.506 e. The van der Waals surface area contributed by atoms with Gasteiger partial charge in [-0.15, -0.1) is 0 Å². The van der Waals surface area contributed by atoms with Gasteiger partial charge in [0.05, 0.1) is 11.7 Å². The van der Waals surface area contributed by atoms with Crippen molar-refractivity contribution in [3.8, 4) is 5.75 Å². The van der Waals surface area contributed by atoms with Gasteiger partial charge in [0.25, 0.3) is 0 Å². The van der Waals surface area contributed by atoms with Crippen LogP contribution < -0.4 is 10.6 Å². The first-order valence-electron chi connectivity index (χ1n) is 9.20. The molecular weight excluding hydrogens is 286 g/mol. The Morgan fingerprint density at radius 2 is 1.57 bits per heavy atom. The first-order valence-corrected chi connectivity index (χ1v) is 9.20. The molecule has 2 fully saturated rings. The fraction of sp³-hybridized carbons (Fsp3) is 0.632. The van der Waals surface area contributed by atoms with Crippen molar-refractivity contribution in [3.63, 3.8) is 0 Å². The summed E-state index contributed by atoms with van der Waals surface area (Å²) in [6.45, 7) is 0. The number of benzene rings is 1. The molecule has 2 aliphatic carbocycles. The van der Waals surface area contributed by atoms with Gasteiger partial charge in [0.2, 0.25) is 0 Å². The minimum Gasteiger partial charge on any atom is -0.506 e. The number of phenolic OH excluding ortho intramolecular Hbond substituents is 1. The molecule has 0 atom stereocenters. The number of hydrogen-bond acceptors (Lipinski definition) is 2. The zero-order chi connectivity index (χ0) is 15.9. The molecule has 1 aromatic rings. The Balaban J connectivity index is 1.71. The van der Waals surface area contributed by atoms with E-state index in [-0.39, 0.29) is 5.75 Å². The number of aliphatic imine (C=N–C) groups is 1. The lowest BCUT2D eigenvalue weighted by Gasteiger charge is -2.27. The van der Waals surface area contributed by atoms with Crippen LogP contribution >= 0.6 is 0 Å². The van der Waals surface area contributed by atoms with Gasteiger partial charge in [0.1, 0.15) is 5.75 Å². The number of phenols is 1. The number of guanidine groups is 1. The molecule has 0 radical (unpaired) electrons. The maximum atomic E-state index is 10.0. The molecule has 2 saturated carbocycles. The molecule has 0 bridgehead atoms. The number of anilines is 1. The average Bonchev–Trinajstić information content (AvgIpc) is 2.59. The highest BCUT2D eigenvalue weighted by Gasteiger charge is 2.18. The number of aromatic hydroxyl groups is 1. The summed E-state index contributed by atoms with van der Waals surface area (Å²) in [6, 6.07) is 8.29. The molecule has 0 aromatic heterocycles. The quantitative estimate of drug-likeness (QED) is 0.440. The molecule has 3 N–H and O–H groups in total. The van der Waals surface area contributed by atoms with E-state index in [4.69, 9.17) is 4.99 Å². The van der Waals surface area contributed by atoms with Gasteiger partial charge in [-0.2, -0.15) is 0 Å². The summed E-state index contributed by atoms with van der Waals surface area (Å²) in [5.41, 5.74) is 0.727. The third kappa shape index (κ3) is 4.88. The topological polar surface area (TPSA) is 56.6 Å². The van der Waals surface area contributed by atoms with E-state index in [1.54, 1.807) is 6.07 Å². The Morgan fingerprint density at radius 3 is 2.26 bits per heavy atom. The minimum absolute atomic E-state index is 0.272. The third-order valence-electron chi connectivity index (χ3n) is 4.99. The predicted molar refractivity (Wildman–Crippen MR) is 96.0 cm³/mol. The molecule has 0 spiro atoms. The summed E-state index contributed by atoms with van der Waals surface area (Å²) >= 11 is 0. The molecule has 2 aliphatic rings. The number of nitrogens with one attached hydrogen (secondary N) is 2. The molecule has 23 heavy (non-hydrogen) atoms. The van der Waals surface area contributed by atoms with E-state index >= 15 is 0 Å². The van der Waals surface area contributed by atoms with E-state index in [1.807, 2.05) is 18.2 Å². The van der Waals surface area contributed by atoms with Crippen molar-refractivity contribution < 1.29 is 5.11 Å². The maximum absolute atomic E-state index is 10.0. The van der Waals surface area contributed by atoms with Crippen LogP contribution in [0.3, 0.4) is 0 Å². The van der Waals surface area contributed by atoms with Gasteiger partial charge in [-0.25, -0.2) is 4.99 Å². The van der Waals surface area contributed by atoms with Crippen LogP contribution in [0.15, 0.2) is 29.3 Å². The molecule has 3 rings (SSSR count). The van der Waals surface area contributed by atoms with Crippen LogP contribution in [0.4, 0.5) is 5.69 Å². The van der Waals surface area contributed by atoms with Crippen LogP contribution in [0.25, 0.3) is 0 Å². The van der Waals surface area contributed by atoms with Crippen molar-refractivity contribution in [2.75, 3.05) is 5.32 Å². The van der Waals surface area contributed by atoms with E-state index in [2.05, 4.69) is 10.6 Å². The Morgan fingerprint density at radius 1 is 0.913 bits per heavy atom. The van der Waals surface area contributed by atoms with Crippen LogP contribution in [0, 0.1) is 0 Å². The van der Waals surface area contributed by atoms with Crippen LogP contribution in [-0.2, 0) is 0 Å². The molecule has 0 amide bonds. The molecule has 0 unspecified atom stereocenters. The highest BCUT2D eigenvalue weighted by molar-refractivity contribution is 5.95. The van der Waals surface area contributed by atoms with Gasteiger partial charge in [-0.1, -0.05) is 50.7 Å². The normalized spacial score (nSPS) is 21.1. The molecule has 0 aliphatic heterocycles. The summed E-state index contributed by atoms with van der Waals surface area (Å²) in [6.07, 6.45) is 12.6. The van der Waals surface area contributed by atoms with Crippen molar-refractivity contribution in [2.24, 2.45) is 4.99 Å². The Kier molecular flexibility index (Phi) is 5.78. The van der Waals surface area contributed by atoms with Crippen LogP contribution in [-0.4, -0.2) is 23.1 Å². The van der Waals surface area contributed by atoms with E-state index in [1.165, 1.54) is 64.2 Å². The highest BCUT2D eigenvalue weighted by Crippen LogP contribution is 2.24. The van der Waals surface area contributed by atoms with E-state index < -0.39 is 0 Å². The zero-order valence-corrected chi connectivity index (χ0v) is 13.9. The smallest absolute Gasteiger partial charge is 0.196 e. The van der Waals surface area contributed by atoms with Crippen LogP contribution in [0.2, 0.25) is 0 Å². The summed E-state index contributed by atoms with van der Waals surface area (Å²) in [5, 5.41) is 17.0. The molecule has 4 nitrogen and oxygen atoms in total. The third-order valence-corrected chi connectivity index (χ3v) is 4.99. The zero-order valence-electron chi connectivity index (χ0n) is 13.9.